The van der Waals surface area contributed by atoms with Crippen LogP contribution in [-0.2, 0) is 4.79 Å². The van der Waals surface area contributed by atoms with Crippen molar-refractivity contribution in [2.45, 2.75) is 9.79 Å². The predicted molar refractivity (Wildman–Crippen MR) is 95.1 cm³/mol. The van der Waals surface area contributed by atoms with E-state index in [0.29, 0.717) is 11.5 Å². The van der Waals surface area contributed by atoms with Crippen molar-refractivity contribution < 1.29 is 9.53 Å². The highest BCUT2D eigenvalue weighted by Crippen LogP contribution is 2.27. The Morgan fingerprint density at radius 1 is 1.22 bits per heavy atom. The summed E-state index contributed by atoms with van der Waals surface area (Å²) in [4.78, 5) is 14.0. The van der Waals surface area contributed by atoms with Crippen LogP contribution in [0.3, 0.4) is 0 Å². The van der Waals surface area contributed by atoms with Crippen molar-refractivity contribution in [3.8, 4) is 11.8 Å². The molecule has 4 nitrogen and oxygen atoms in total. The van der Waals surface area contributed by atoms with Gasteiger partial charge >= 0.3 is 0 Å². The highest BCUT2D eigenvalue weighted by molar-refractivity contribution is 8.00. The molecule has 0 atom stereocenters. The second-order valence-corrected chi connectivity index (χ2v) is 6.52. The Hall–Kier alpha value is -2.10. The first-order valence-corrected chi connectivity index (χ1v) is 8.85. The van der Waals surface area contributed by atoms with Gasteiger partial charge in [-0.05, 0) is 30.3 Å². The summed E-state index contributed by atoms with van der Waals surface area (Å²) in [5.41, 5.74) is 0.740. The molecule has 1 amide bonds. The first-order chi connectivity index (χ1) is 11.2. The standard InChI is InChI=1S/C17H16N2O2S2/c1-21-13-5-4-6-14(11-13)23-12-17(20)19-15-7-2-3-8-16(15)22-10-9-18/h2-8,11H,10,12H2,1H3,(H,19,20). The van der Waals surface area contributed by atoms with Gasteiger partial charge in [0.1, 0.15) is 5.75 Å². The van der Waals surface area contributed by atoms with Crippen LogP contribution in [-0.4, -0.2) is 24.5 Å². The number of hydrogen-bond donors (Lipinski definition) is 1. The number of nitriles is 1. The molecule has 23 heavy (non-hydrogen) atoms. The largest absolute Gasteiger partial charge is 0.497 e. The monoisotopic (exact) mass is 344 g/mol. The third kappa shape index (κ3) is 5.55. The number of methoxy groups -OCH3 is 1. The van der Waals surface area contributed by atoms with Gasteiger partial charge in [0, 0.05) is 9.79 Å². The molecule has 0 radical (unpaired) electrons. The van der Waals surface area contributed by atoms with Gasteiger partial charge in [-0.2, -0.15) is 5.26 Å². The normalized spacial score (nSPS) is 9.91. The van der Waals surface area contributed by atoms with Crippen molar-refractivity contribution >= 4 is 35.1 Å². The molecule has 0 aliphatic heterocycles. The van der Waals surface area contributed by atoms with Crippen LogP contribution in [0.25, 0.3) is 0 Å². The lowest BCUT2D eigenvalue weighted by atomic mass is 10.3. The maximum Gasteiger partial charge on any atom is 0.234 e. The topological polar surface area (TPSA) is 62.1 Å². The van der Waals surface area contributed by atoms with Crippen LogP contribution in [0.2, 0.25) is 0 Å². The molecule has 118 valence electrons. The highest BCUT2D eigenvalue weighted by Gasteiger charge is 2.08. The molecule has 0 unspecified atom stereocenters. The van der Waals surface area contributed by atoms with Crippen molar-refractivity contribution in [3.63, 3.8) is 0 Å². The average Bonchev–Trinajstić information content (AvgIpc) is 2.59. The molecule has 0 saturated carbocycles. The van der Waals surface area contributed by atoms with Gasteiger partial charge in [-0.1, -0.05) is 18.2 Å². The lowest BCUT2D eigenvalue weighted by Gasteiger charge is -2.09. The smallest absolute Gasteiger partial charge is 0.234 e. The van der Waals surface area contributed by atoms with E-state index < -0.39 is 0 Å². The molecular formula is C17H16N2O2S2. The summed E-state index contributed by atoms with van der Waals surface area (Å²) in [6.45, 7) is 0. The molecule has 6 heteroatoms. The first kappa shape index (κ1) is 17.3. The number of ether oxygens (including phenoxy) is 1. The van der Waals surface area contributed by atoms with Gasteiger partial charge in [-0.3, -0.25) is 4.79 Å². The summed E-state index contributed by atoms with van der Waals surface area (Å²) in [5, 5.41) is 11.6. The SMILES string of the molecule is COc1cccc(SCC(=O)Nc2ccccc2SCC#N)c1. The van der Waals surface area contributed by atoms with Gasteiger partial charge in [0.15, 0.2) is 0 Å². The minimum absolute atomic E-state index is 0.0807. The molecule has 0 aromatic heterocycles. The predicted octanol–water partition coefficient (Wildman–Crippen LogP) is 4.04. The van der Waals surface area contributed by atoms with Crippen LogP contribution in [0.15, 0.2) is 58.3 Å². The van der Waals surface area contributed by atoms with E-state index in [-0.39, 0.29) is 5.91 Å². The Balaban J connectivity index is 1.93. The summed E-state index contributed by atoms with van der Waals surface area (Å²) in [6.07, 6.45) is 0. The van der Waals surface area contributed by atoms with E-state index >= 15 is 0 Å². The first-order valence-electron chi connectivity index (χ1n) is 6.88. The minimum atomic E-state index is -0.0807. The summed E-state index contributed by atoms with van der Waals surface area (Å²) in [7, 11) is 1.62. The fourth-order valence-electron chi connectivity index (χ4n) is 1.83. The molecule has 2 rings (SSSR count). The zero-order chi connectivity index (χ0) is 16.5. The Bertz CT molecular complexity index is 714. The van der Waals surface area contributed by atoms with E-state index in [1.165, 1.54) is 23.5 Å². The minimum Gasteiger partial charge on any atom is -0.497 e. The van der Waals surface area contributed by atoms with Crippen LogP contribution in [0.4, 0.5) is 5.69 Å². The number of benzene rings is 2. The van der Waals surface area contributed by atoms with Crippen LogP contribution >= 0.6 is 23.5 Å². The van der Waals surface area contributed by atoms with Gasteiger partial charge < -0.3 is 10.1 Å². The van der Waals surface area contributed by atoms with Gasteiger partial charge in [-0.15, -0.1) is 23.5 Å². The van der Waals surface area contributed by atoms with Gasteiger partial charge in [0.2, 0.25) is 5.91 Å². The maximum absolute atomic E-state index is 12.1. The van der Waals surface area contributed by atoms with Crippen molar-refractivity contribution in [2.75, 3.05) is 23.9 Å². The molecule has 0 heterocycles. The average molecular weight is 344 g/mol. The summed E-state index contributed by atoms with van der Waals surface area (Å²) in [5.74, 6) is 1.35. The fourth-order valence-corrected chi connectivity index (χ4v) is 3.25. The lowest BCUT2D eigenvalue weighted by molar-refractivity contribution is -0.113. The fraction of sp³-hybridized carbons (Fsp3) is 0.176. The summed E-state index contributed by atoms with van der Waals surface area (Å²) >= 11 is 2.86. The van der Waals surface area contributed by atoms with Crippen LogP contribution in [0.5, 0.6) is 5.75 Å². The second-order valence-electron chi connectivity index (χ2n) is 4.46. The number of para-hydroxylation sites is 1. The summed E-state index contributed by atoms with van der Waals surface area (Å²) < 4.78 is 5.17. The zero-order valence-corrected chi connectivity index (χ0v) is 14.2. The highest BCUT2D eigenvalue weighted by atomic mass is 32.2. The lowest BCUT2D eigenvalue weighted by Crippen LogP contribution is -2.14. The number of amides is 1. The number of carbonyl (C=O) groups is 1. The molecule has 0 aliphatic carbocycles. The van der Waals surface area contributed by atoms with E-state index in [4.69, 9.17) is 10.00 Å². The van der Waals surface area contributed by atoms with E-state index in [9.17, 15) is 4.79 Å². The quantitative estimate of drug-likeness (QED) is 0.768. The Morgan fingerprint density at radius 2 is 2.04 bits per heavy atom. The Kier molecular flexibility index (Phi) is 6.85. The second kappa shape index (κ2) is 9.13. The van der Waals surface area contributed by atoms with Gasteiger partial charge in [-0.25, -0.2) is 0 Å². The van der Waals surface area contributed by atoms with Crippen LogP contribution < -0.4 is 10.1 Å². The number of anilines is 1. The molecular weight excluding hydrogens is 328 g/mol. The molecule has 0 fully saturated rings. The molecule has 1 N–H and O–H groups in total. The van der Waals surface area contributed by atoms with E-state index in [1.54, 1.807) is 7.11 Å². The molecule has 0 bridgehead atoms. The number of thioether (sulfide) groups is 2. The molecule has 0 aliphatic rings. The molecule has 2 aromatic carbocycles. The Morgan fingerprint density at radius 3 is 2.83 bits per heavy atom. The van der Waals surface area contributed by atoms with Crippen molar-refractivity contribution in [1.29, 1.82) is 5.26 Å². The summed E-state index contributed by atoms with van der Waals surface area (Å²) in [6, 6.07) is 17.2. The molecule has 2 aromatic rings. The number of carbonyl (C=O) groups excluding carboxylic acids is 1. The van der Waals surface area contributed by atoms with Crippen molar-refractivity contribution in [3.05, 3.63) is 48.5 Å². The van der Waals surface area contributed by atoms with E-state index in [1.807, 2.05) is 48.5 Å². The molecule has 0 spiro atoms. The number of nitrogens with one attached hydrogen (secondary N) is 1. The number of hydrogen-bond acceptors (Lipinski definition) is 5. The third-order valence-electron chi connectivity index (χ3n) is 2.86. The van der Waals surface area contributed by atoms with Gasteiger partial charge in [0.05, 0.1) is 30.4 Å². The van der Waals surface area contributed by atoms with Crippen LogP contribution in [0.1, 0.15) is 0 Å². The van der Waals surface area contributed by atoms with E-state index in [0.717, 1.165) is 21.2 Å². The third-order valence-corrected chi connectivity index (χ3v) is 4.80. The Labute approximate surface area is 144 Å². The van der Waals surface area contributed by atoms with Crippen molar-refractivity contribution in [1.82, 2.24) is 0 Å². The van der Waals surface area contributed by atoms with E-state index in [2.05, 4.69) is 11.4 Å². The van der Waals surface area contributed by atoms with Crippen LogP contribution in [0, 0.1) is 11.3 Å². The number of rotatable bonds is 7. The molecule has 0 saturated heterocycles. The van der Waals surface area contributed by atoms with Crippen molar-refractivity contribution in [2.24, 2.45) is 0 Å². The number of nitrogens with zero attached hydrogens (tertiary/aromatic N) is 1. The van der Waals surface area contributed by atoms with Gasteiger partial charge in [0.25, 0.3) is 0 Å². The zero-order valence-electron chi connectivity index (χ0n) is 12.6. The maximum atomic E-state index is 12.1.